The Labute approximate surface area is 89.5 Å². The maximum Gasteiger partial charge on any atom is 0.227 e. The van der Waals surface area contributed by atoms with Crippen molar-refractivity contribution in [2.24, 2.45) is 5.92 Å². The first-order valence-electron chi connectivity index (χ1n) is 5.03. The molecule has 0 aliphatic carbocycles. The molecule has 3 nitrogen and oxygen atoms in total. The van der Waals surface area contributed by atoms with E-state index in [0.717, 1.165) is 24.3 Å². The van der Waals surface area contributed by atoms with Crippen LogP contribution in [0.1, 0.15) is 19.8 Å². The van der Waals surface area contributed by atoms with Gasteiger partial charge in [-0.25, -0.2) is 0 Å². The van der Waals surface area contributed by atoms with E-state index in [0.29, 0.717) is 6.54 Å². The molecule has 0 aromatic rings. The maximum atomic E-state index is 11.9. The van der Waals surface area contributed by atoms with Crippen LogP contribution >= 0.6 is 11.8 Å². The van der Waals surface area contributed by atoms with Gasteiger partial charge in [-0.05, 0) is 18.6 Å². The van der Waals surface area contributed by atoms with E-state index in [1.54, 1.807) is 4.90 Å². The van der Waals surface area contributed by atoms with Crippen LogP contribution in [0.3, 0.4) is 0 Å². The molecule has 1 rings (SSSR count). The molecule has 0 aromatic heterocycles. The number of nitriles is 1. The quantitative estimate of drug-likeness (QED) is 0.663. The molecule has 1 aliphatic heterocycles. The van der Waals surface area contributed by atoms with E-state index in [-0.39, 0.29) is 18.4 Å². The van der Waals surface area contributed by atoms with Crippen molar-refractivity contribution in [1.82, 2.24) is 4.90 Å². The van der Waals surface area contributed by atoms with Gasteiger partial charge in [-0.3, -0.25) is 4.79 Å². The van der Waals surface area contributed by atoms with Gasteiger partial charge in [0.25, 0.3) is 0 Å². The number of rotatable bonds is 4. The van der Waals surface area contributed by atoms with Crippen molar-refractivity contribution in [3.63, 3.8) is 0 Å². The zero-order valence-corrected chi connectivity index (χ0v) is 9.35. The number of thioether (sulfide) groups is 1. The van der Waals surface area contributed by atoms with Crippen molar-refractivity contribution < 1.29 is 4.79 Å². The summed E-state index contributed by atoms with van der Waals surface area (Å²) in [5.41, 5.74) is 0. The van der Waals surface area contributed by atoms with Crippen molar-refractivity contribution >= 4 is 17.7 Å². The Morgan fingerprint density at radius 2 is 2.50 bits per heavy atom. The Hall–Kier alpha value is -0.690. The molecule has 4 heteroatoms. The van der Waals surface area contributed by atoms with Crippen molar-refractivity contribution in [2.75, 3.05) is 24.6 Å². The van der Waals surface area contributed by atoms with Gasteiger partial charge in [0, 0.05) is 18.2 Å². The molecule has 1 amide bonds. The van der Waals surface area contributed by atoms with Crippen molar-refractivity contribution in [1.29, 1.82) is 5.26 Å². The predicted octanol–water partition coefficient (Wildman–Crippen LogP) is 1.50. The van der Waals surface area contributed by atoms with Crippen LogP contribution in [0.15, 0.2) is 0 Å². The summed E-state index contributed by atoms with van der Waals surface area (Å²) in [5.74, 6) is 2.37. The molecule has 14 heavy (non-hydrogen) atoms. The number of amides is 1. The standard InChI is InChI=1S/C10H16N2OS/c1-2-5-12(6-4-11)10(13)9-3-7-14-8-9/h9H,2-3,5-8H2,1H3. The average molecular weight is 212 g/mol. The molecule has 1 aliphatic rings. The van der Waals surface area contributed by atoms with Crippen LogP contribution in [0.5, 0.6) is 0 Å². The Bertz CT molecular complexity index is 231. The Morgan fingerprint density at radius 3 is 3.00 bits per heavy atom. The molecular formula is C10H16N2OS. The summed E-state index contributed by atoms with van der Waals surface area (Å²) in [6, 6.07) is 2.06. The van der Waals surface area contributed by atoms with E-state index in [4.69, 9.17) is 5.26 Å². The molecule has 1 heterocycles. The molecule has 0 saturated carbocycles. The van der Waals surface area contributed by atoms with Gasteiger partial charge in [0.1, 0.15) is 6.54 Å². The van der Waals surface area contributed by atoms with Gasteiger partial charge in [-0.2, -0.15) is 17.0 Å². The maximum absolute atomic E-state index is 11.9. The lowest BCUT2D eigenvalue weighted by molar-refractivity contribution is -0.134. The Morgan fingerprint density at radius 1 is 1.71 bits per heavy atom. The molecule has 0 N–H and O–H groups in total. The first-order chi connectivity index (χ1) is 6.79. The summed E-state index contributed by atoms with van der Waals surface area (Å²) in [5, 5.41) is 8.61. The van der Waals surface area contributed by atoms with Crippen molar-refractivity contribution in [3.8, 4) is 6.07 Å². The normalized spacial score (nSPS) is 20.4. The van der Waals surface area contributed by atoms with E-state index >= 15 is 0 Å². The van der Waals surface area contributed by atoms with Gasteiger partial charge >= 0.3 is 0 Å². The van der Waals surface area contributed by atoms with E-state index in [2.05, 4.69) is 6.07 Å². The molecule has 1 unspecified atom stereocenters. The molecule has 0 aromatic carbocycles. The van der Waals surface area contributed by atoms with Gasteiger partial charge in [-0.1, -0.05) is 6.92 Å². The topological polar surface area (TPSA) is 44.1 Å². The highest BCUT2D eigenvalue weighted by Crippen LogP contribution is 2.25. The molecule has 0 radical (unpaired) electrons. The second-order valence-electron chi connectivity index (χ2n) is 3.48. The van der Waals surface area contributed by atoms with E-state index in [1.165, 1.54) is 0 Å². The van der Waals surface area contributed by atoms with Crippen LogP contribution < -0.4 is 0 Å². The molecule has 0 bridgehead atoms. The van der Waals surface area contributed by atoms with E-state index in [9.17, 15) is 4.79 Å². The molecule has 78 valence electrons. The third-order valence-corrected chi connectivity index (χ3v) is 3.51. The van der Waals surface area contributed by atoms with E-state index in [1.807, 2.05) is 18.7 Å². The number of nitrogens with zero attached hydrogens (tertiary/aromatic N) is 2. The van der Waals surface area contributed by atoms with Crippen LogP contribution in [0, 0.1) is 17.2 Å². The fourth-order valence-corrected chi connectivity index (χ4v) is 2.82. The van der Waals surface area contributed by atoms with Gasteiger partial charge in [0.15, 0.2) is 0 Å². The van der Waals surface area contributed by atoms with Crippen LogP contribution in [-0.2, 0) is 4.79 Å². The Kier molecular flexibility index (Phi) is 4.81. The number of hydrogen-bond donors (Lipinski definition) is 0. The number of hydrogen-bond acceptors (Lipinski definition) is 3. The third-order valence-electron chi connectivity index (χ3n) is 2.35. The van der Waals surface area contributed by atoms with Crippen molar-refractivity contribution in [3.05, 3.63) is 0 Å². The summed E-state index contributed by atoms with van der Waals surface area (Å²) in [7, 11) is 0. The monoisotopic (exact) mass is 212 g/mol. The van der Waals surface area contributed by atoms with Crippen LogP contribution in [0.2, 0.25) is 0 Å². The molecule has 1 fully saturated rings. The van der Waals surface area contributed by atoms with Crippen LogP contribution in [-0.4, -0.2) is 35.4 Å². The smallest absolute Gasteiger partial charge is 0.227 e. The molecule has 0 spiro atoms. The minimum Gasteiger partial charge on any atom is -0.329 e. The summed E-state index contributed by atoms with van der Waals surface area (Å²) in [4.78, 5) is 13.6. The lowest BCUT2D eigenvalue weighted by Crippen LogP contribution is -2.37. The predicted molar refractivity (Wildman–Crippen MR) is 57.9 cm³/mol. The van der Waals surface area contributed by atoms with Gasteiger partial charge in [0.05, 0.1) is 6.07 Å². The Balaban J connectivity index is 2.49. The number of carbonyl (C=O) groups excluding carboxylic acids is 1. The minimum absolute atomic E-state index is 0.167. The summed E-state index contributed by atoms with van der Waals surface area (Å²) < 4.78 is 0. The van der Waals surface area contributed by atoms with E-state index < -0.39 is 0 Å². The second-order valence-corrected chi connectivity index (χ2v) is 4.63. The first-order valence-corrected chi connectivity index (χ1v) is 6.18. The highest BCUT2D eigenvalue weighted by Gasteiger charge is 2.26. The average Bonchev–Trinajstić information content (AvgIpc) is 2.69. The zero-order chi connectivity index (χ0) is 10.4. The van der Waals surface area contributed by atoms with Crippen molar-refractivity contribution in [2.45, 2.75) is 19.8 Å². The SMILES string of the molecule is CCCN(CC#N)C(=O)C1CCSC1. The fourth-order valence-electron chi connectivity index (χ4n) is 1.61. The highest BCUT2D eigenvalue weighted by molar-refractivity contribution is 7.99. The highest BCUT2D eigenvalue weighted by atomic mass is 32.2. The minimum atomic E-state index is 0.167. The fraction of sp³-hybridized carbons (Fsp3) is 0.800. The molecule has 1 atom stereocenters. The molecular weight excluding hydrogens is 196 g/mol. The summed E-state index contributed by atoms with van der Waals surface area (Å²) in [6.45, 7) is 2.99. The lowest BCUT2D eigenvalue weighted by Gasteiger charge is -2.21. The van der Waals surface area contributed by atoms with Crippen LogP contribution in [0.4, 0.5) is 0 Å². The summed E-state index contributed by atoms with van der Waals surface area (Å²) >= 11 is 1.83. The lowest BCUT2D eigenvalue weighted by atomic mass is 10.1. The number of carbonyl (C=O) groups is 1. The zero-order valence-electron chi connectivity index (χ0n) is 8.53. The van der Waals surface area contributed by atoms with Crippen LogP contribution in [0.25, 0.3) is 0 Å². The largest absolute Gasteiger partial charge is 0.329 e. The second kappa shape index (κ2) is 5.92. The van der Waals surface area contributed by atoms with Gasteiger partial charge in [0.2, 0.25) is 5.91 Å². The third kappa shape index (κ3) is 2.91. The van der Waals surface area contributed by atoms with Gasteiger partial charge in [-0.15, -0.1) is 0 Å². The first kappa shape index (κ1) is 11.4. The molecule has 1 saturated heterocycles. The van der Waals surface area contributed by atoms with Gasteiger partial charge < -0.3 is 4.90 Å². The summed E-state index contributed by atoms with van der Waals surface area (Å²) in [6.07, 6.45) is 1.91.